The van der Waals surface area contributed by atoms with E-state index < -0.39 is 6.09 Å². The van der Waals surface area contributed by atoms with E-state index in [4.69, 9.17) is 9.47 Å². The monoisotopic (exact) mass is 477 g/mol. The predicted molar refractivity (Wildman–Crippen MR) is 141 cm³/mol. The molecule has 1 aliphatic rings. The number of ether oxygens (including phenoxy) is 2. The van der Waals surface area contributed by atoms with E-state index in [1.54, 1.807) is 30.4 Å². The summed E-state index contributed by atoms with van der Waals surface area (Å²) in [7, 11) is 0. The highest BCUT2D eigenvalue weighted by Gasteiger charge is 2.28. The van der Waals surface area contributed by atoms with Gasteiger partial charge in [0.25, 0.3) is 0 Å². The fraction of sp³-hybridized carbons (Fsp3) is 0.129. The molecule has 0 atom stereocenters. The number of carbonyl (C=O) groups excluding carboxylic acids is 1. The van der Waals surface area contributed by atoms with E-state index in [9.17, 15) is 9.90 Å². The van der Waals surface area contributed by atoms with Crippen LogP contribution in [0.5, 0.6) is 11.5 Å². The smallest absolute Gasteiger partial charge is 0.407 e. The Morgan fingerprint density at radius 2 is 1.53 bits per heavy atom. The molecule has 0 spiro atoms. The molecule has 1 amide bonds. The molecule has 180 valence electrons. The molecule has 0 unspecified atom stereocenters. The van der Waals surface area contributed by atoms with Crippen LogP contribution in [0, 0.1) is 0 Å². The topological polar surface area (TPSA) is 67.8 Å². The molecule has 0 fully saturated rings. The van der Waals surface area contributed by atoms with Gasteiger partial charge < -0.3 is 19.9 Å². The molecular weight excluding hydrogens is 450 g/mol. The van der Waals surface area contributed by atoms with Crippen molar-refractivity contribution < 1.29 is 19.4 Å². The van der Waals surface area contributed by atoms with Gasteiger partial charge in [0.2, 0.25) is 0 Å². The first kappa shape index (κ1) is 23.2. The lowest BCUT2D eigenvalue weighted by atomic mass is 9.98. The van der Waals surface area contributed by atoms with E-state index in [1.807, 2.05) is 54.6 Å². The zero-order valence-corrected chi connectivity index (χ0v) is 19.8. The van der Waals surface area contributed by atoms with Crippen molar-refractivity contribution in [2.45, 2.75) is 12.5 Å². The minimum Gasteiger partial charge on any atom is -0.507 e. The van der Waals surface area contributed by atoms with Crippen molar-refractivity contribution in [3.63, 3.8) is 0 Å². The maximum absolute atomic E-state index is 12.3. The summed E-state index contributed by atoms with van der Waals surface area (Å²) >= 11 is 0. The van der Waals surface area contributed by atoms with Crippen LogP contribution in [-0.2, 0) is 11.3 Å². The van der Waals surface area contributed by atoms with Crippen molar-refractivity contribution in [1.82, 2.24) is 5.32 Å². The van der Waals surface area contributed by atoms with E-state index in [2.05, 4.69) is 29.6 Å². The van der Waals surface area contributed by atoms with E-state index in [0.29, 0.717) is 17.9 Å². The molecule has 0 aromatic heterocycles. The van der Waals surface area contributed by atoms with Crippen molar-refractivity contribution >= 4 is 12.2 Å². The molecule has 0 saturated heterocycles. The summed E-state index contributed by atoms with van der Waals surface area (Å²) in [5.41, 5.74) is 6.44. The van der Waals surface area contributed by atoms with E-state index >= 15 is 0 Å². The van der Waals surface area contributed by atoms with E-state index in [0.717, 1.165) is 5.56 Å². The first-order valence-corrected chi connectivity index (χ1v) is 11.9. The fourth-order valence-electron chi connectivity index (χ4n) is 4.47. The van der Waals surface area contributed by atoms with Crippen LogP contribution in [0.2, 0.25) is 0 Å². The Balaban J connectivity index is 1.11. The number of amides is 1. The largest absolute Gasteiger partial charge is 0.507 e. The van der Waals surface area contributed by atoms with Gasteiger partial charge in [0.05, 0.1) is 0 Å². The number of alkyl carbamates (subject to hydrolysis) is 1. The van der Waals surface area contributed by atoms with Crippen molar-refractivity contribution in [2.24, 2.45) is 0 Å². The van der Waals surface area contributed by atoms with Crippen molar-refractivity contribution in [3.8, 4) is 22.6 Å². The second kappa shape index (κ2) is 10.8. The van der Waals surface area contributed by atoms with Gasteiger partial charge in [-0.2, -0.15) is 0 Å². The van der Waals surface area contributed by atoms with Gasteiger partial charge in [-0.25, -0.2) is 4.79 Å². The minimum absolute atomic E-state index is 0.0262. The zero-order chi connectivity index (χ0) is 24.7. The minimum atomic E-state index is -0.476. The SMILES string of the molecule is O=C(NCC=Cc1ccc(OCc2ccccc2)cc1O)OCC1c2ccccc2-c2ccccc21. The van der Waals surface area contributed by atoms with Crippen molar-refractivity contribution in [3.05, 3.63) is 125 Å². The Morgan fingerprint density at radius 1 is 0.861 bits per heavy atom. The highest BCUT2D eigenvalue weighted by atomic mass is 16.5. The summed E-state index contributed by atoms with van der Waals surface area (Å²) in [6.07, 6.45) is 3.04. The van der Waals surface area contributed by atoms with Gasteiger partial charge in [0.1, 0.15) is 24.7 Å². The normalized spacial score (nSPS) is 12.2. The maximum Gasteiger partial charge on any atom is 0.407 e. The number of benzene rings is 4. The van der Waals surface area contributed by atoms with Gasteiger partial charge >= 0.3 is 6.09 Å². The Labute approximate surface area is 210 Å². The number of aromatic hydroxyl groups is 1. The average molecular weight is 478 g/mol. The maximum atomic E-state index is 12.3. The van der Waals surface area contributed by atoms with Gasteiger partial charge in [-0.1, -0.05) is 91.0 Å². The summed E-state index contributed by atoms with van der Waals surface area (Å²) in [6.45, 7) is 0.983. The summed E-state index contributed by atoms with van der Waals surface area (Å²) in [5, 5.41) is 13.1. The molecule has 36 heavy (non-hydrogen) atoms. The fourth-order valence-corrected chi connectivity index (χ4v) is 4.47. The van der Waals surface area contributed by atoms with Crippen LogP contribution in [0.3, 0.4) is 0 Å². The lowest BCUT2D eigenvalue weighted by Crippen LogP contribution is -2.26. The van der Waals surface area contributed by atoms with Gasteiger partial charge in [-0.15, -0.1) is 0 Å². The third-order valence-electron chi connectivity index (χ3n) is 6.26. The Bertz CT molecular complexity index is 1330. The third-order valence-corrected chi connectivity index (χ3v) is 6.26. The second-order valence-electron chi connectivity index (χ2n) is 8.60. The zero-order valence-electron chi connectivity index (χ0n) is 19.8. The Morgan fingerprint density at radius 3 is 2.22 bits per heavy atom. The average Bonchev–Trinajstić information content (AvgIpc) is 3.24. The summed E-state index contributed by atoms with van der Waals surface area (Å²) in [5.74, 6) is 0.724. The van der Waals surface area contributed by atoms with Crippen LogP contribution in [0.15, 0.2) is 103 Å². The highest BCUT2D eigenvalue weighted by Crippen LogP contribution is 2.44. The molecule has 0 aliphatic heterocycles. The van der Waals surface area contributed by atoms with Crippen LogP contribution < -0.4 is 10.1 Å². The van der Waals surface area contributed by atoms with Crippen LogP contribution in [0.25, 0.3) is 17.2 Å². The number of fused-ring (bicyclic) bond motifs is 3. The number of rotatable bonds is 8. The molecule has 4 aromatic rings. The first-order valence-electron chi connectivity index (χ1n) is 11.9. The van der Waals surface area contributed by atoms with Gasteiger partial charge in [0.15, 0.2) is 0 Å². The van der Waals surface area contributed by atoms with Crippen molar-refractivity contribution in [2.75, 3.05) is 13.2 Å². The van der Waals surface area contributed by atoms with Crippen LogP contribution in [0.4, 0.5) is 4.79 Å². The number of nitrogens with one attached hydrogen (secondary N) is 1. The third kappa shape index (κ3) is 5.26. The molecule has 0 bridgehead atoms. The van der Waals surface area contributed by atoms with Crippen molar-refractivity contribution in [1.29, 1.82) is 0 Å². The molecule has 4 aromatic carbocycles. The Hall–Kier alpha value is -4.51. The Kier molecular flexibility index (Phi) is 6.99. The lowest BCUT2D eigenvalue weighted by Gasteiger charge is -2.14. The first-order chi connectivity index (χ1) is 17.7. The number of hydrogen-bond acceptors (Lipinski definition) is 4. The molecule has 0 saturated carbocycles. The highest BCUT2D eigenvalue weighted by molar-refractivity contribution is 5.79. The standard InChI is InChI=1S/C31H27NO4/c33-30-19-24(35-20-22-9-2-1-3-10-22)17-16-23(30)11-8-18-32-31(34)36-21-29-27-14-6-4-12-25(27)26-13-5-7-15-28(26)29/h1-17,19,29,33H,18,20-21H2,(H,32,34). The number of phenolic OH excluding ortho intramolecular Hbond substituents is 1. The molecule has 5 rings (SSSR count). The van der Waals surface area contributed by atoms with E-state index in [-0.39, 0.29) is 24.8 Å². The molecule has 0 radical (unpaired) electrons. The molecular formula is C31H27NO4. The summed E-state index contributed by atoms with van der Waals surface area (Å²) in [6, 6.07) is 31.5. The molecule has 5 nitrogen and oxygen atoms in total. The quantitative estimate of drug-likeness (QED) is 0.303. The number of carbonyl (C=O) groups is 1. The molecule has 0 heterocycles. The lowest BCUT2D eigenvalue weighted by molar-refractivity contribution is 0.144. The number of phenols is 1. The van der Waals surface area contributed by atoms with Gasteiger partial charge in [-0.05, 0) is 39.9 Å². The number of hydrogen-bond donors (Lipinski definition) is 2. The van der Waals surface area contributed by atoms with Gasteiger partial charge in [-0.3, -0.25) is 0 Å². The van der Waals surface area contributed by atoms with E-state index in [1.165, 1.54) is 22.3 Å². The second-order valence-corrected chi connectivity index (χ2v) is 8.60. The summed E-state index contributed by atoms with van der Waals surface area (Å²) in [4.78, 5) is 12.3. The van der Waals surface area contributed by atoms with Crippen LogP contribution >= 0.6 is 0 Å². The molecule has 5 heteroatoms. The van der Waals surface area contributed by atoms with Gasteiger partial charge in [0, 0.05) is 24.1 Å². The molecule has 1 aliphatic carbocycles. The molecule has 2 N–H and O–H groups in total. The predicted octanol–water partition coefficient (Wildman–Crippen LogP) is 6.52. The van der Waals surface area contributed by atoms with Crippen LogP contribution in [-0.4, -0.2) is 24.4 Å². The van der Waals surface area contributed by atoms with Crippen LogP contribution in [0.1, 0.15) is 28.2 Å². The summed E-state index contributed by atoms with van der Waals surface area (Å²) < 4.78 is 11.3.